The standard InChI is InChI=1S/C14H30N2/c1-13(2,3)8-9-15-10-12-16-11-6-7-14(16,4)5/h15H,6-12H2,1-5H3. The molecule has 0 amide bonds. The summed E-state index contributed by atoms with van der Waals surface area (Å²) in [6.07, 6.45) is 3.99. The van der Waals surface area contributed by atoms with Gasteiger partial charge in [-0.3, -0.25) is 4.90 Å². The number of likely N-dealkylation sites (tertiary alicyclic amines) is 1. The van der Waals surface area contributed by atoms with Gasteiger partial charge < -0.3 is 5.32 Å². The maximum absolute atomic E-state index is 3.56. The molecular formula is C14H30N2. The van der Waals surface area contributed by atoms with Gasteiger partial charge >= 0.3 is 0 Å². The van der Waals surface area contributed by atoms with Gasteiger partial charge in [-0.2, -0.15) is 0 Å². The van der Waals surface area contributed by atoms with Crippen LogP contribution in [-0.2, 0) is 0 Å². The molecule has 0 aromatic rings. The van der Waals surface area contributed by atoms with E-state index >= 15 is 0 Å². The van der Waals surface area contributed by atoms with E-state index in [0.29, 0.717) is 11.0 Å². The lowest BCUT2D eigenvalue weighted by Gasteiger charge is -2.31. The Hall–Kier alpha value is -0.0800. The minimum absolute atomic E-state index is 0.436. The highest BCUT2D eigenvalue weighted by molar-refractivity contribution is 4.87. The summed E-state index contributed by atoms with van der Waals surface area (Å²) < 4.78 is 0. The van der Waals surface area contributed by atoms with Crippen molar-refractivity contribution < 1.29 is 0 Å². The first kappa shape index (κ1) is 14.0. The third-order valence-corrected chi connectivity index (χ3v) is 3.68. The van der Waals surface area contributed by atoms with E-state index in [1.165, 1.54) is 32.4 Å². The van der Waals surface area contributed by atoms with Crippen LogP contribution in [0.5, 0.6) is 0 Å². The monoisotopic (exact) mass is 226 g/mol. The van der Waals surface area contributed by atoms with Crippen LogP contribution in [0.25, 0.3) is 0 Å². The Morgan fingerprint density at radius 2 is 1.88 bits per heavy atom. The predicted molar refractivity (Wildman–Crippen MR) is 71.8 cm³/mol. The van der Waals surface area contributed by atoms with Crippen LogP contribution in [0.3, 0.4) is 0 Å². The molecule has 2 heteroatoms. The van der Waals surface area contributed by atoms with Crippen molar-refractivity contribution in [3.63, 3.8) is 0 Å². The molecule has 1 aliphatic rings. The molecule has 16 heavy (non-hydrogen) atoms. The van der Waals surface area contributed by atoms with Crippen molar-refractivity contribution in [1.29, 1.82) is 0 Å². The lowest BCUT2D eigenvalue weighted by Crippen LogP contribution is -2.42. The number of nitrogens with zero attached hydrogens (tertiary/aromatic N) is 1. The maximum Gasteiger partial charge on any atom is 0.0154 e. The molecule has 1 rings (SSSR count). The van der Waals surface area contributed by atoms with E-state index in [9.17, 15) is 0 Å². The predicted octanol–water partition coefficient (Wildman–Crippen LogP) is 2.89. The van der Waals surface area contributed by atoms with Gasteiger partial charge in [0.05, 0.1) is 0 Å². The molecule has 0 aromatic heterocycles. The fourth-order valence-corrected chi connectivity index (χ4v) is 2.38. The van der Waals surface area contributed by atoms with E-state index in [4.69, 9.17) is 0 Å². The Morgan fingerprint density at radius 3 is 2.38 bits per heavy atom. The quantitative estimate of drug-likeness (QED) is 0.725. The first-order valence-electron chi connectivity index (χ1n) is 6.77. The molecule has 0 spiro atoms. The Balaban J connectivity index is 2.08. The van der Waals surface area contributed by atoms with Crippen LogP contribution in [0.1, 0.15) is 53.9 Å². The van der Waals surface area contributed by atoms with Gasteiger partial charge in [0, 0.05) is 18.6 Å². The maximum atomic E-state index is 3.56. The van der Waals surface area contributed by atoms with E-state index in [-0.39, 0.29) is 0 Å². The first-order valence-corrected chi connectivity index (χ1v) is 6.77. The molecule has 0 bridgehead atoms. The second-order valence-corrected chi connectivity index (χ2v) is 6.96. The molecule has 0 aliphatic carbocycles. The fourth-order valence-electron chi connectivity index (χ4n) is 2.38. The normalized spacial score (nSPS) is 21.6. The Morgan fingerprint density at radius 1 is 1.19 bits per heavy atom. The molecule has 1 aliphatic heterocycles. The van der Waals surface area contributed by atoms with Crippen LogP contribution < -0.4 is 5.32 Å². The third kappa shape index (κ3) is 4.84. The van der Waals surface area contributed by atoms with Crippen molar-refractivity contribution in [2.75, 3.05) is 26.2 Å². The molecule has 0 unspecified atom stereocenters. The zero-order valence-electron chi connectivity index (χ0n) is 11.9. The summed E-state index contributed by atoms with van der Waals surface area (Å²) in [5.74, 6) is 0. The highest BCUT2D eigenvalue weighted by Gasteiger charge is 2.30. The number of rotatable bonds is 5. The average Bonchev–Trinajstić information content (AvgIpc) is 2.43. The Bertz CT molecular complexity index is 203. The van der Waals surface area contributed by atoms with Crippen LogP contribution >= 0.6 is 0 Å². The average molecular weight is 226 g/mol. The van der Waals surface area contributed by atoms with Crippen molar-refractivity contribution in [2.24, 2.45) is 5.41 Å². The molecular weight excluding hydrogens is 196 g/mol. The molecule has 0 aromatic carbocycles. The lowest BCUT2D eigenvalue weighted by molar-refractivity contribution is 0.175. The van der Waals surface area contributed by atoms with Crippen LogP contribution in [0.4, 0.5) is 0 Å². The van der Waals surface area contributed by atoms with Crippen LogP contribution in [0, 0.1) is 5.41 Å². The smallest absolute Gasteiger partial charge is 0.0154 e. The summed E-state index contributed by atoms with van der Waals surface area (Å²) >= 11 is 0. The van der Waals surface area contributed by atoms with Crippen LogP contribution in [0.2, 0.25) is 0 Å². The van der Waals surface area contributed by atoms with Crippen LogP contribution in [0.15, 0.2) is 0 Å². The summed E-state index contributed by atoms with van der Waals surface area (Å²) in [5.41, 5.74) is 0.894. The zero-order valence-corrected chi connectivity index (χ0v) is 11.9. The molecule has 1 saturated heterocycles. The largest absolute Gasteiger partial charge is 0.315 e. The minimum Gasteiger partial charge on any atom is -0.315 e. The van der Waals surface area contributed by atoms with Crippen molar-refractivity contribution in [1.82, 2.24) is 10.2 Å². The van der Waals surface area contributed by atoms with Gasteiger partial charge in [0.2, 0.25) is 0 Å². The first-order chi connectivity index (χ1) is 7.31. The Labute approximate surface area is 102 Å². The topological polar surface area (TPSA) is 15.3 Å². The van der Waals surface area contributed by atoms with E-state index in [1.54, 1.807) is 0 Å². The molecule has 96 valence electrons. The van der Waals surface area contributed by atoms with E-state index in [0.717, 1.165) is 13.1 Å². The van der Waals surface area contributed by atoms with Crippen molar-refractivity contribution in [3.05, 3.63) is 0 Å². The lowest BCUT2D eigenvalue weighted by atomic mass is 9.92. The summed E-state index contributed by atoms with van der Waals surface area (Å²) in [4.78, 5) is 2.62. The number of hydrogen-bond donors (Lipinski definition) is 1. The summed E-state index contributed by atoms with van der Waals surface area (Å²) in [7, 11) is 0. The van der Waals surface area contributed by atoms with Crippen molar-refractivity contribution >= 4 is 0 Å². The fraction of sp³-hybridized carbons (Fsp3) is 1.00. The summed E-state index contributed by atoms with van der Waals surface area (Å²) in [5, 5.41) is 3.56. The number of nitrogens with one attached hydrogen (secondary N) is 1. The van der Waals surface area contributed by atoms with Gasteiger partial charge in [-0.1, -0.05) is 20.8 Å². The van der Waals surface area contributed by atoms with Gasteiger partial charge in [-0.05, 0) is 51.6 Å². The molecule has 0 saturated carbocycles. The highest BCUT2D eigenvalue weighted by Crippen LogP contribution is 2.27. The minimum atomic E-state index is 0.436. The van der Waals surface area contributed by atoms with Gasteiger partial charge in [-0.25, -0.2) is 0 Å². The molecule has 1 fully saturated rings. The second kappa shape index (κ2) is 5.50. The van der Waals surface area contributed by atoms with Crippen molar-refractivity contribution in [3.8, 4) is 0 Å². The van der Waals surface area contributed by atoms with E-state index in [2.05, 4.69) is 44.8 Å². The molecule has 1 heterocycles. The summed E-state index contributed by atoms with van der Waals surface area (Å²) in [6.45, 7) is 16.4. The van der Waals surface area contributed by atoms with Crippen LogP contribution in [-0.4, -0.2) is 36.6 Å². The molecule has 0 atom stereocenters. The van der Waals surface area contributed by atoms with Crippen molar-refractivity contribution in [2.45, 2.75) is 59.4 Å². The van der Waals surface area contributed by atoms with Gasteiger partial charge in [0.15, 0.2) is 0 Å². The highest BCUT2D eigenvalue weighted by atomic mass is 15.2. The zero-order chi connectivity index (χ0) is 12.2. The second-order valence-electron chi connectivity index (χ2n) is 6.96. The molecule has 2 nitrogen and oxygen atoms in total. The Kier molecular flexibility index (Phi) is 4.81. The van der Waals surface area contributed by atoms with E-state index < -0.39 is 0 Å². The summed E-state index contributed by atoms with van der Waals surface area (Å²) in [6, 6.07) is 0. The van der Waals surface area contributed by atoms with Gasteiger partial charge in [-0.15, -0.1) is 0 Å². The van der Waals surface area contributed by atoms with Gasteiger partial charge in [0.25, 0.3) is 0 Å². The molecule has 0 radical (unpaired) electrons. The molecule has 1 N–H and O–H groups in total. The van der Waals surface area contributed by atoms with Gasteiger partial charge in [0.1, 0.15) is 0 Å². The third-order valence-electron chi connectivity index (χ3n) is 3.68. The number of hydrogen-bond acceptors (Lipinski definition) is 2. The van der Waals surface area contributed by atoms with E-state index in [1.807, 2.05) is 0 Å². The SMILES string of the molecule is CC(C)(C)CCNCCN1CCCC1(C)C.